The van der Waals surface area contributed by atoms with E-state index in [2.05, 4.69) is 6.07 Å². The van der Waals surface area contributed by atoms with E-state index in [1.165, 1.54) is 6.42 Å². The van der Waals surface area contributed by atoms with Crippen molar-refractivity contribution in [3.63, 3.8) is 0 Å². The normalized spacial score (nSPS) is 40.4. The Balaban J connectivity index is 1.84. The van der Waals surface area contributed by atoms with Gasteiger partial charge < -0.3 is 10.2 Å². The third kappa shape index (κ3) is 1.76. The summed E-state index contributed by atoms with van der Waals surface area (Å²) in [5.41, 5.74) is 1.49. The van der Waals surface area contributed by atoms with E-state index in [0.717, 1.165) is 36.8 Å². The Bertz CT molecular complexity index is 605. The second-order valence-electron chi connectivity index (χ2n) is 7.85. The minimum absolute atomic E-state index is 0.113. The second-order valence-corrected chi connectivity index (χ2v) is 7.85. The van der Waals surface area contributed by atoms with E-state index >= 15 is 0 Å². The van der Waals surface area contributed by atoms with Gasteiger partial charge in [-0.25, -0.2) is 0 Å². The van der Waals surface area contributed by atoms with Gasteiger partial charge in [-0.15, -0.1) is 0 Å². The molecule has 3 nitrogen and oxygen atoms in total. The van der Waals surface area contributed by atoms with E-state index in [9.17, 15) is 15.0 Å². The molecule has 21 heavy (non-hydrogen) atoms. The maximum atomic E-state index is 11.9. The molecule has 1 aromatic carbocycles. The third-order valence-electron chi connectivity index (χ3n) is 6.24. The number of hydrogen-bond acceptors (Lipinski definition) is 2. The molecule has 3 heteroatoms. The number of aryl methyl sites for hydroxylation is 1. The number of carbonyl (C=O) groups is 1. The number of aromatic hydroxyl groups is 1. The molecule has 2 unspecified atom stereocenters. The number of benzene rings is 1. The zero-order valence-corrected chi connectivity index (χ0v) is 12.4. The molecule has 4 saturated carbocycles. The van der Waals surface area contributed by atoms with E-state index < -0.39 is 11.4 Å². The first kappa shape index (κ1) is 13.2. The van der Waals surface area contributed by atoms with Crippen LogP contribution < -0.4 is 0 Å². The number of phenols is 1. The molecule has 4 aliphatic carbocycles. The monoisotopic (exact) mass is 286 g/mol. The SMILES string of the molecule is Cc1ccc(O)c(C23CC4CC(CC(C(=O)O)(C4)C2)C3)c1. The van der Waals surface area contributed by atoms with Gasteiger partial charge in [-0.2, -0.15) is 0 Å². The molecular weight excluding hydrogens is 264 g/mol. The van der Waals surface area contributed by atoms with Crippen LogP contribution in [0.1, 0.15) is 49.7 Å². The van der Waals surface area contributed by atoms with Crippen molar-refractivity contribution in [1.29, 1.82) is 0 Å². The molecule has 5 rings (SSSR count). The summed E-state index contributed by atoms with van der Waals surface area (Å²) in [6, 6.07) is 5.78. The smallest absolute Gasteiger partial charge is 0.309 e. The van der Waals surface area contributed by atoms with Crippen LogP contribution in [0.4, 0.5) is 0 Å². The van der Waals surface area contributed by atoms with Crippen molar-refractivity contribution in [3.8, 4) is 5.75 Å². The van der Waals surface area contributed by atoms with Crippen molar-refractivity contribution in [2.75, 3.05) is 0 Å². The van der Waals surface area contributed by atoms with Crippen molar-refractivity contribution in [2.45, 2.75) is 50.9 Å². The van der Waals surface area contributed by atoms with Crippen LogP contribution in [0, 0.1) is 24.2 Å². The van der Waals surface area contributed by atoms with Crippen LogP contribution in [-0.2, 0) is 10.2 Å². The summed E-state index contributed by atoms with van der Waals surface area (Å²) < 4.78 is 0. The van der Waals surface area contributed by atoms with E-state index in [4.69, 9.17) is 0 Å². The molecule has 0 spiro atoms. The molecule has 2 N–H and O–H groups in total. The van der Waals surface area contributed by atoms with Crippen LogP contribution in [0.5, 0.6) is 5.75 Å². The lowest BCUT2D eigenvalue weighted by atomic mass is 9.43. The second kappa shape index (κ2) is 4.02. The fourth-order valence-electron chi connectivity index (χ4n) is 5.90. The first-order valence-electron chi connectivity index (χ1n) is 7.96. The fourth-order valence-corrected chi connectivity index (χ4v) is 5.90. The van der Waals surface area contributed by atoms with Crippen molar-refractivity contribution in [1.82, 2.24) is 0 Å². The zero-order chi connectivity index (χ0) is 14.8. The van der Waals surface area contributed by atoms with Gasteiger partial charge in [0.1, 0.15) is 5.75 Å². The molecule has 0 radical (unpaired) electrons. The highest BCUT2D eigenvalue weighted by Crippen LogP contribution is 2.66. The lowest BCUT2D eigenvalue weighted by molar-refractivity contribution is -0.167. The van der Waals surface area contributed by atoms with Gasteiger partial charge in [0, 0.05) is 11.0 Å². The van der Waals surface area contributed by atoms with Crippen molar-refractivity contribution in [3.05, 3.63) is 29.3 Å². The minimum Gasteiger partial charge on any atom is -0.508 e. The van der Waals surface area contributed by atoms with Gasteiger partial charge in [-0.05, 0) is 63.4 Å². The number of phenolic OH excluding ortho intramolecular Hbond substituents is 1. The summed E-state index contributed by atoms with van der Waals surface area (Å²) in [6.45, 7) is 2.04. The van der Waals surface area contributed by atoms with Gasteiger partial charge in [0.25, 0.3) is 0 Å². The Morgan fingerprint density at radius 2 is 1.86 bits per heavy atom. The zero-order valence-electron chi connectivity index (χ0n) is 12.4. The first-order valence-corrected chi connectivity index (χ1v) is 7.96. The van der Waals surface area contributed by atoms with Crippen molar-refractivity contribution < 1.29 is 15.0 Å². The van der Waals surface area contributed by atoms with Crippen LogP contribution in [-0.4, -0.2) is 16.2 Å². The highest BCUT2D eigenvalue weighted by Gasteiger charge is 2.61. The van der Waals surface area contributed by atoms with E-state index in [1.807, 2.05) is 13.0 Å². The molecule has 4 aliphatic rings. The number of carboxylic acids is 1. The molecule has 1 aromatic rings. The quantitative estimate of drug-likeness (QED) is 0.873. The summed E-state index contributed by atoms with van der Waals surface area (Å²) in [7, 11) is 0. The van der Waals surface area contributed by atoms with Gasteiger partial charge >= 0.3 is 5.97 Å². The molecule has 4 bridgehead atoms. The van der Waals surface area contributed by atoms with Gasteiger partial charge in [0.05, 0.1) is 5.41 Å². The summed E-state index contributed by atoms with van der Waals surface area (Å²) in [5.74, 6) is 0.765. The Kier molecular flexibility index (Phi) is 2.52. The Hall–Kier alpha value is -1.51. The van der Waals surface area contributed by atoms with E-state index in [1.54, 1.807) is 6.07 Å². The van der Waals surface area contributed by atoms with Crippen LogP contribution in [0.25, 0.3) is 0 Å². The molecule has 112 valence electrons. The van der Waals surface area contributed by atoms with Crippen LogP contribution in [0.3, 0.4) is 0 Å². The molecule has 0 amide bonds. The van der Waals surface area contributed by atoms with Crippen LogP contribution in [0.2, 0.25) is 0 Å². The summed E-state index contributed by atoms with van der Waals surface area (Å²) >= 11 is 0. The predicted octanol–water partition coefficient (Wildman–Crippen LogP) is 3.62. The number of hydrogen-bond donors (Lipinski definition) is 2. The summed E-state index contributed by atoms with van der Waals surface area (Å²) in [5, 5.41) is 20.2. The largest absolute Gasteiger partial charge is 0.508 e. The summed E-state index contributed by atoms with van der Waals surface area (Å²) in [6.07, 6.45) is 5.67. The number of carboxylic acid groups (broad SMARTS) is 1. The van der Waals surface area contributed by atoms with Crippen LogP contribution >= 0.6 is 0 Å². The molecule has 0 heterocycles. The average molecular weight is 286 g/mol. The Labute approximate surface area is 125 Å². The molecule has 0 aromatic heterocycles. The van der Waals surface area contributed by atoms with Gasteiger partial charge in [-0.3, -0.25) is 4.79 Å². The fraction of sp³-hybridized carbons (Fsp3) is 0.611. The maximum Gasteiger partial charge on any atom is 0.309 e. The lowest BCUT2D eigenvalue weighted by Crippen LogP contribution is -2.56. The van der Waals surface area contributed by atoms with Crippen molar-refractivity contribution in [2.24, 2.45) is 17.3 Å². The first-order chi connectivity index (χ1) is 9.92. The van der Waals surface area contributed by atoms with Gasteiger partial charge in [-0.1, -0.05) is 17.7 Å². The maximum absolute atomic E-state index is 11.9. The molecule has 0 aliphatic heterocycles. The highest BCUT2D eigenvalue weighted by atomic mass is 16.4. The topological polar surface area (TPSA) is 57.5 Å². The third-order valence-corrected chi connectivity index (χ3v) is 6.24. The van der Waals surface area contributed by atoms with Gasteiger partial charge in [0.15, 0.2) is 0 Å². The average Bonchev–Trinajstić information content (AvgIpc) is 2.40. The van der Waals surface area contributed by atoms with Crippen molar-refractivity contribution >= 4 is 5.97 Å². The lowest BCUT2D eigenvalue weighted by Gasteiger charge is -2.60. The Morgan fingerprint density at radius 3 is 2.48 bits per heavy atom. The van der Waals surface area contributed by atoms with E-state index in [0.29, 0.717) is 24.0 Å². The van der Waals surface area contributed by atoms with E-state index in [-0.39, 0.29) is 5.41 Å². The number of rotatable bonds is 2. The highest BCUT2D eigenvalue weighted by molar-refractivity contribution is 5.76. The Morgan fingerprint density at radius 1 is 1.19 bits per heavy atom. The predicted molar refractivity (Wildman–Crippen MR) is 79.3 cm³/mol. The molecule has 0 saturated heterocycles. The van der Waals surface area contributed by atoms with Crippen LogP contribution in [0.15, 0.2) is 18.2 Å². The minimum atomic E-state index is -0.617. The number of aliphatic carboxylic acids is 1. The van der Waals surface area contributed by atoms with Gasteiger partial charge in [0.2, 0.25) is 0 Å². The molecular formula is C18H22O3. The molecule has 4 fully saturated rings. The standard InChI is InChI=1S/C18H22O3/c1-11-2-3-15(19)14(4-11)17-6-12-5-13(7-17)9-18(8-12,10-17)16(20)21/h2-4,12-13,19H,5-10H2,1H3,(H,20,21). The summed E-state index contributed by atoms with van der Waals surface area (Å²) in [4.78, 5) is 11.9. The molecule has 2 atom stereocenters.